The molecule has 0 radical (unpaired) electrons. The molecule has 7 heteroatoms. The lowest BCUT2D eigenvalue weighted by Crippen LogP contribution is -2.42. The first-order chi connectivity index (χ1) is 8.49. The van der Waals surface area contributed by atoms with E-state index in [2.05, 4.69) is 10.0 Å². The van der Waals surface area contributed by atoms with Crippen LogP contribution in [-0.4, -0.2) is 27.5 Å². The zero-order valence-electron chi connectivity index (χ0n) is 9.62. The van der Waals surface area contributed by atoms with Crippen LogP contribution >= 0.6 is 23.2 Å². The Morgan fingerprint density at radius 2 is 1.83 bits per heavy atom. The minimum atomic E-state index is -3.52. The predicted octanol–water partition coefficient (Wildman–Crippen LogP) is 2.02. The quantitative estimate of drug-likeness (QED) is 0.898. The maximum absolute atomic E-state index is 12.1. The summed E-state index contributed by atoms with van der Waals surface area (Å²) in [7, 11) is -3.52. The smallest absolute Gasteiger partial charge is 0.240 e. The molecule has 0 spiro atoms. The van der Waals surface area contributed by atoms with E-state index in [-0.39, 0.29) is 16.0 Å². The summed E-state index contributed by atoms with van der Waals surface area (Å²) in [6.45, 7) is 1.66. The molecule has 0 atom stereocenters. The van der Waals surface area contributed by atoms with Crippen molar-refractivity contribution < 1.29 is 8.42 Å². The van der Waals surface area contributed by atoms with Crippen LogP contribution in [0.4, 0.5) is 0 Å². The Balaban J connectivity index is 2.16. The third kappa shape index (κ3) is 3.36. The molecule has 0 aliphatic carbocycles. The van der Waals surface area contributed by atoms with Crippen LogP contribution in [0.3, 0.4) is 0 Å². The number of nitrogens with one attached hydrogen (secondary N) is 2. The zero-order valence-corrected chi connectivity index (χ0v) is 11.9. The van der Waals surface area contributed by atoms with Gasteiger partial charge in [-0.05, 0) is 44.1 Å². The molecular weight excluding hydrogens is 295 g/mol. The second-order valence-electron chi connectivity index (χ2n) is 4.22. The molecule has 1 saturated heterocycles. The highest BCUT2D eigenvalue weighted by Crippen LogP contribution is 2.25. The fraction of sp³-hybridized carbons (Fsp3) is 0.455. The molecule has 4 nitrogen and oxygen atoms in total. The molecule has 1 fully saturated rings. The van der Waals surface area contributed by atoms with Crippen LogP contribution in [-0.2, 0) is 10.0 Å². The Kier molecular flexibility index (Phi) is 4.50. The van der Waals surface area contributed by atoms with Gasteiger partial charge in [0.15, 0.2) is 0 Å². The summed E-state index contributed by atoms with van der Waals surface area (Å²) < 4.78 is 27.0. The van der Waals surface area contributed by atoms with Crippen molar-refractivity contribution in [3.8, 4) is 0 Å². The highest BCUT2D eigenvalue weighted by Gasteiger charge is 2.22. The molecule has 0 unspecified atom stereocenters. The van der Waals surface area contributed by atoms with E-state index in [1.54, 1.807) is 0 Å². The molecule has 0 aromatic heterocycles. The Hall–Kier alpha value is -0.330. The normalized spacial score (nSPS) is 17.9. The van der Waals surface area contributed by atoms with Crippen molar-refractivity contribution in [2.24, 2.45) is 0 Å². The number of piperidine rings is 1. The number of hydrogen-bond donors (Lipinski definition) is 2. The summed E-state index contributed by atoms with van der Waals surface area (Å²) in [5, 5.41) is 3.77. The van der Waals surface area contributed by atoms with E-state index >= 15 is 0 Å². The Bertz CT molecular complexity index is 528. The van der Waals surface area contributed by atoms with E-state index in [4.69, 9.17) is 23.2 Å². The lowest BCUT2D eigenvalue weighted by atomic mass is 10.1. The summed E-state index contributed by atoms with van der Waals surface area (Å²) >= 11 is 11.6. The minimum Gasteiger partial charge on any atom is -0.317 e. The molecule has 0 bridgehead atoms. The molecule has 2 rings (SSSR count). The van der Waals surface area contributed by atoms with E-state index in [9.17, 15) is 8.42 Å². The number of halogens is 2. The summed E-state index contributed by atoms with van der Waals surface area (Å²) in [5.41, 5.74) is 0. The maximum atomic E-state index is 12.1. The average molecular weight is 309 g/mol. The summed E-state index contributed by atoms with van der Waals surface area (Å²) in [6.07, 6.45) is 1.58. The van der Waals surface area contributed by atoms with Gasteiger partial charge in [-0.1, -0.05) is 23.2 Å². The fourth-order valence-corrected chi connectivity index (χ4v) is 3.56. The highest BCUT2D eigenvalue weighted by molar-refractivity contribution is 7.89. The first-order valence-corrected chi connectivity index (χ1v) is 7.91. The van der Waals surface area contributed by atoms with Gasteiger partial charge < -0.3 is 5.32 Å². The topological polar surface area (TPSA) is 58.2 Å². The van der Waals surface area contributed by atoms with Crippen molar-refractivity contribution in [1.29, 1.82) is 0 Å². The maximum Gasteiger partial charge on any atom is 0.240 e. The number of hydrogen-bond acceptors (Lipinski definition) is 3. The van der Waals surface area contributed by atoms with Crippen LogP contribution < -0.4 is 10.0 Å². The van der Waals surface area contributed by atoms with E-state index < -0.39 is 10.0 Å². The van der Waals surface area contributed by atoms with Gasteiger partial charge in [0.05, 0.1) is 14.9 Å². The molecular formula is C11H14Cl2N2O2S. The second-order valence-corrected chi connectivity index (χ2v) is 6.75. The second kappa shape index (κ2) is 5.75. The van der Waals surface area contributed by atoms with Crippen molar-refractivity contribution in [3.05, 3.63) is 28.2 Å². The summed E-state index contributed by atoms with van der Waals surface area (Å²) in [5.74, 6) is 0. The molecule has 1 aromatic rings. The molecule has 100 valence electrons. The molecule has 1 aliphatic rings. The van der Waals surface area contributed by atoms with Crippen molar-refractivity contribution >= 4 is 33.2 Å². The Labute approximate surface area is 117 Å². The Morgan fingerprint density at radius 1 is 1.17 bits per heavy atom. The van der Waals surface area contributed by atoms with Crippen molar-refractivity contribution in [2.45, 2.75) is 23.8 Å². The van der Waals surface area contributed by atoms with Gasteiger partial charge >= 0.3 is 0 Å². The largest absolute Gasteiger partial charge is 0.317 e. The van der Waals surface area contributed by atoms with Crippen molar-refractivity contribution in [2.75, 3.05) is 13.1 Å². The Morgan fingerprint density at radius 3 is 2.44 bits per heavy atom. The number of sulfonamides is 1. The van der Waals surface area contributed by atoms with Crippen LogP contribution in [0.5, 0.6) is 0 Å². The van der Waals surface area contributed by atoms with Gasteiger partial charge in [0, 0.05) is 6.04 Å². The minimum absolute atomic E-state index is 0.0225. The predicted molar refractivity (Wildman–Crippen MR) is 72.7 cm³/mol. The number of rotatable bonds is 3. The molecule has 1 aromatic carbocycles. The van der Waals surface area contributed by atoms with Gasteiger partial charge in [-0.25, -0.2) is 13.1 Å². The molecule has 2 N–H and O–H groups in total. The van der Waals surface area contributed by atoms with E-state index in [0.29, 0.717) is 5.02 Å². The third-order valence-electron chi connectivity index (χ3n) is 2.86. The van der Waals surface area contributed by atoms with Gasteiger partial charge in [0.1, 0.15) is 0 Å². The lowest BCUT2D eigenvalue weighted by molar-refractivity contribution is 0.427. The fourth-order valence-electron chi connectivity index (χ4n) is 1.87. The highest BCUT2D eigenvalue weighted by atomic mass is 35.5. The van der Waals surface area contributed by atoms with E-state index in [1.807, 2.05) is 0 Å². The van der Waals surface area contributed by atoms with Gasteiger partial charge in [-0.15, -0.1) is 0 Å². The van der Waals surface area contributed by atoms with E-state index in [1.165, 1.54) is 18.2 Å². The van der Waals surface area contributed by atoms with Crippen molar-refractivity contribution in [1.82, 2.24) is 10.0 Å². The molecule has 1 aliphatic heterocycles. The number of benzene rings is 1. The average Bonchev–Trinajstić information content (AvgIpc) is 2.33. The van der Waals surface area contributed by atoms with Crippen LogP contribution in [0.15, 0.2) is 23.1 Å². The monoisotopic (exact) mass is 308 g/mol. The third-order valence-corrected chi connectivity index (χ3v) is 5.12. The lowest BCUT2D eigenvalue weighted by Gasteiger charge is -2.23. The van der Waals surface area contributed by atoms with Gasteiger partial charge in [0.25, 0.3) is 0 Å². The zero-order chi connectivity index (χ0) is 13.2. The van der Waals surface area contributed by atoms with Gasteiger partial charge in [-0.3, -0.25) is 0 Å². The van der Waals surface area contributed by atoms with Gasteiger partial charge in [0.2, 0.25) is 10.0 Å². The summed E-state index contributed by atoms with van der Waals surface area (Å²) in [4.78, 5) is 0.149. The van der Waals surface area contributed by atoms with E-state index in [0.717, 1.165) is 25.9 Å². The first-order valence-electron chi connectivity index (χ1n) is 5.67. The SMILES string of the molecule is O=S(=O)(NC1CCNCC1)c1ccc(Cl)c(Cl)c1. The van der Waals surface area contributed by atoms with Crippen LogP contribution in [0.2, 0.25) is 10.0 Å². The van der Waals surface area contributed by atoms with Crippen LogP contribution in [0, 0.1) is 0 Å². The standard InChI is InChI=1S/C11H14Cl2N2O2S/c12-10-2-1-9(7-11(10)13)18(16,17)15-8-3-5-14-6-4-8/h1-2,7-8,14-15H,3-6H2. The summed E-state index contributed by atoms with van der Waals surface area (Å²) in [6, 6.07) is 4.29. The molecule has 0 saturated carbocycles. The van der Waals surface area contributed by atoms with Crippen LogP contribution in [0.1, 0.15) is 12.8 Å². The first kappa shape index (κ1) is 14.1. The molecule has 0 amide bonds. The molecule has 1 heterocycles. The van der Waals surface area contributed by atoms with Gasteiger partial charge in [-0.2, -0.15) is 0 Å². The van der Waals surface area contributed by atoms with Crippen molar-refractivity contribution in [3.63, 3.8) is 0 Å². The van der Waals surface area contributed by atoms with Crippen LogP contribution in [0.25, 0.3) is 0 Å². The molecule has 18 heavy (non-hydrogen) atoms.